The van der Waals surface area contributed by atoms with Crippen LogP contribution < -0.4 is 5.32 Å². The van der Waals surface area contributed by atoms with Gasteiger partial charge in [0.2, 0.25) is 0 Å². The van der Waals surface area contributed by atoms with E-state index in [1.807, 2.05) is 26.0 Å². The number of nitrogens with zero attached hydrogens (tertiary/aromatic N) is 1. The lowest BCUT2D eigenvalue weighted by molar-refractivity contribution is 0.402. The molecule has 3 nitrogen and oxygen atoms in total. The van der Waals surface area contributed by atoms with Crippen LogP contribution in [0.25, 0.3) is 0 Å². The van der Waals surface area contributed by atoms with Crippen LogP contribution in [0.3, 0.4) is 0 Å². The number of phenolic OH excluding ortho intramolecular Hbond substituents is 1. The lowest BCUT2D eigenvalue weighted by Crippen LogP contribution is -2.30. The number of hydrogen-bond donors (Lipinski definition) is 2. The second-order valence-corrected chi connectivity index (χ2v) is 5.35. The summed E-state index contributed by atoms with van der Waals surface area (Å²) in [4.78, 5) is 0. The highest BCUT2D eigenvalue weighted by molar-refractivity contribution is 5.40. The summed E-state index contributed by atoms with van der Waals surface area (Å²) in [5.41, 5.74) is 2.15. The molecule has 1 aromatic carbocycles. The molecule has 90 valence electrons. The summed E-state index contributed by atoms with van der Waals surface area (Å²) in [7, 11) is 0. The molecule has 1 aliphatic rings. The van der Waals surface area contributed by atoms with Gasteiger partial charge >= 0.3 is 0 Å². The zero-order chi connectivity index (χ0) is 12.5. The van der Waals surface area contributed by atoms with E-state index in [1.54, 1.807) is 6.07 Å². The maximum Gasteiger partial charge on any atom is 0.115 e. The Labute approximate surface area is 102 Å². The van der Waals surface area contributed by atoms with Crippen molar-refractivity contribution >= 4 is 0 Å². The number of aromatic hydroxyl groups is 1. The quantitative estimate of drug-likeness (QED) is 0.839. The van der Waals surface area contributed by atoms with Gasteiger partial charge in [0.25, 0.3) is 0 Å². The van der Waals surface area contributed by atoms with E-state index in [0.29, 0.717) is 18.3 Å². The lowest BCUT2D eigenvalue weighted by atomic mass is 9.95. The first-order chi connectivity index (χ1) is 8.02. The van der Waals surface area contributed by atoms with Crippen molar-refractivity contribution in [3.05, 3.63) is 29.3 Å². The van der Waals surface area contributed by atoms with Crippen LogP contribution in [-0.2, 0) is 6.42 Å². The third-order valence-corrected chi connectivity index (χ3v) is 3.30. The van der Waals surface area contributed by atoms with Crippen molar-refractivity contribution < 1.29 is 5.11 Å². The van der Waals surface area contributed by atoms with Crippen LogP contribution >= 0.6 is 0 Å². The number of phenols is 1. The van der Waals surface area contributed by atoms with Gasteiger partial charge in [-0.2, -0.15) is 5.26 Å². The molecule has 17 heavy (non-hydrogen) atoms. The van der Waals surface area contributed by atoms with E-state index in [0.717, 1.165) is 12.8 Å². The average Bonchev–Trinajstić information content (AvgIpc) is 2.69. The fourth-order valence-corrected chi connectivity index (χ4v) is 2.23. The van der Waals surface area contributed by atoms with Crippen LogP contribution in [0.4, 0.5) is 0 Å². The van der Waals surface area contributed by atoms with E-state index in [2.05, 4.69) is 11.4 Å². The van der Waals surface area contributed by atoms with E-state index >= 15 is 0 Å². The molecular weight excluding hydrogens is 212 g/mol. The average molecular weight is 230 g/mol. The number of nitriles is 1. The van der Waals surface area contributed by atoms with Crippen LogP contribution in [0.2, 0.25) is 0 Å². The molecule has 0 radical (unpaired) electrons. The molecule has 1 unspecified atom stereocenters. The summed E-state index contributed by atoms with van der Waals surface area (Å²) in [5, 5.41) is 21.8. The summed E-state index contributed by atoms with van der Waals surface area (Å²) >= 11 is 0. The van der Waals surface area contributed by atoms with E-state index in [-0.39, 0.29) is 5.41 Å². The number of hydrogen-bond acceptors (Lipinski definition) is 3. The minimum atomic E-state index is -0.334. The molecule has 1 aromatic rings. The topological polar surface area (TPSA) is 56.0 Å². The molecular formula is C14H18N2O. The molecule has 2 rings (SSSR count). The van der Waals surface area contributed by atoms with Gasteiger partial charge in [-0.3, -0.25) is 0 Å². The van der Waals surface area contributed by atoms with Crippen LogP contribution in [-0.4, -0.2) is 11.7 Å². The van der Waals surface area contributed by atoms with Gasteiger partial charge in [0.15, 0.2) is 0 Å². The highest BCUT2D eigenvalue weighted by Crippen LogP contribution is 2.33. The van der Waals surface area contributed by atoms with Gasteiger partial charge in [0.05, 0.1) is 11.5 Å². The summed E-state index contributed by atoms with van der Waals surface area (Å²) in [6.45, 7) is 4.56. The normalized spacial score (nSPS) is 18.8. The van der Waals surface area contributed by atoms with E-state index in [9.17, 15) is 5.11 Å². The Morgan fingerprint density at radius 3 is 3.00 bits per heavy atom. The Kier molecular flexibility index (Phi) is 3.08. The van der Waals surface area contributed by atoms with Crippen molar-refractivity contribution in [3.8, 4) is 11.8 Å². The largest absolute Gasteiger partial charge is 0.508 e. The lowest BCUT2D eigenvalue weighted by Gasteiger charge is -2.20. The molecule has 0 fully saturated rings. The first-order valence-corrected chi connectivity index (χ1v) is 5.98. The van der Waals surface area contributed by atoms with Crippen LogP contribution in [0.15, 0.2) is 18.2 Å². The molecule has 3 heteroatoms. The first-order valence-electron chi connectivity index (χ1n) is 5.98. The molecule has 0 saturated carbocycles. The molecule has 0 amide bonds. The SMILES string of the molecule is CC(C)(C#N)CNC1CCc2cc(O)ccc21. The van der Waals surface area contributed by atoms with Gasteiger partial charge in [0, 0.05) is 12.6 Å². The van der Waals surface area contributed by atoms with Crippen LogP contribution in [0.1, 0.15) is 37.4 Å². The van der Waals surface area contributed by atoms with Crippen molar-refractivity contribution in [2.75, 3.05) is 6.54 Å². The van der Waals surface area contributed by atoms with E-state index < -0.39 is 0 Å². The van der Waals surface area contributed by atoms with Gasteiger partial charge in [-0.1, -0.05) is 6.07 Å². The van der Waals surface area contributed by atoms with Crippen LogP contribution in [0.5, 0.6) is 5.75 Å². The Hall–Kier alpha value is -1.53. The zero-order valence-electron chi connectivity index (χ0n) is 10.3. The second-order valence-electron chi connectivity index (χ2n) is 5.35. The molecule has 1 atom stereocenters. The number of nitrogens with one attached hydrogen (secondary N) is 1. The molecule has 0 aliphatic heterocycles. The Morgan fingerprint density at radius 2 is 2.29 bits per heavy atom. The number of aryl methyl sites for hydroxylation is 1. The zero-order valence-corrected chi connectivity index (χ0v) is 10.3. The maximum atomic E-state index is 9.42. The monoisotopic (exact) mass is 230 g/mol. The van der Waals surface area contributed by atoms with Crippen molar-refractivity contribution in [1.29, 1.82) is 5.26 Å². The standard InChI is InChI=1S/C14H18N2O/c1-14(2,8-15)9-16-13-6-3-10-7-11(17)4-5-12(10)13/h4-5,7,13,16-17H,3,6,9H2,1-2H3. The molecule has 0 spiro atoms. The fraction of sp³-hybridized carbons (Fsp3) is 0.500. The van der Waals surface area contributed by atoms with E-state index in [4.69, 9.17) is 5.26 Å². The second kappa shape index (κ2) is 4.38. The molecule has 0 saturated heterocycles. The number of benzene rings is 1. The molecule has 2 N–H and O–H groups in total. The summed E-state index contributed by atoms with van der Waals surface area (Å²) in [5.74, 6) is 0.335. The molecule has 0 bridgehead atoms. The van der Waals surface area contributed by atoms with E-state index in [1.165, 1.54) is 11.1 Å². The minimum absolute atomic E-state index is 0.318. The van der Waals surface area contributed by atoms with Crippen molar-refractivity contribution in [2.24, 2.45) is 5.41 Å². The number of rotatable bonds is 3. The summed E-state index contributed by atoms with van der Waals surface area (Å²) < 4.78 is 0. The highest BCUT2D eigenvalue weighted by atomic mass is 16.3. The van der Waals surface area contributed by atoms with Gasteiger partial charge in [-0.25, -0.2) is 0 Å². The Balaban J connectivity index is 2.06. The van der Waals surface area contributed by atoms with Gasteiger partial charge < -0.3 is 10.4 Å². The summed E-state index contributed by atoms with van der Waals surface area (Å²) in [6.07, 6.45) is 2.04. The maximum absolute atomic E-state index is 9.42. The molecule has 0 aromatic heterocycles. The smallest absolute Gasteiger partial charge is 0.115 e. The minimum Gasteiger partial charge on any atom is -0.508 e. The third kappa shape index (κ3) is 2.59. The van der Waals surface area contributed by atoms with Gasteiger partial charge in [0.1, 0.15) is 5.75 Å². The van der Waals surface area contributed by atoms with Crippen molar-refractivity contribution in [2.45, 2.75) is 32.7 Å². The predicted octanol–water partition coefficient (Wildman–Crippen LogP) is 2.52. The Morgan fingerprint density at radius 1 is 1.53 bits per heavy atom. The third-order valence-electron chi connectivity index (χ3n) is 3.30. The summed E-state index contributed by atoms with van der Waals surface area (Å²) in [6, 6.07) is 8.16. The van der Waals surface area contributed by atoms with Crippen molar-refractivity contribution in [3.63, 3.8) is 0 Å². The fourth-order valence-electron chi connectivity index (χ4n) is 2.23. The predicted molar refractivity (Wildman–Crippen MR) is 66.6 cm³/mol. The number of fused-ring (bicyclic) bond motifs is 1. The highest BCUT2D eigenvalue weighted by Gasteiger charge is 2.25. The van der Waals surface area contributed by atoms with Gasteiger partial charge in [-0.15, -0.1) is 0 Å². The molecule has 0 heterocycles. The first kappa shape index (κ1) is 11.9. The molecule has 1 aliphatic carbocycles. The van der Waals surface area contributed by atoms with Crippen LogP contribution in [0, 0.1) is 16.7 Å². The Bertz CT molecular complexity index is 460. The van der Waals surface area contributed by atoms with Gasteiger partial charge in [-0.05, 0) is 49.9 Å². The van der Waals surface area contributed by atoms with Crippen molar-refractivity contribution in [1.82, 2.24) is 5.32 Å².